The largest absolute Gasteiger partial charge is 0.431 e. The Hall–Kier alpha value is -1.94. The van der Waals surface area contributed by atoms with Crippen LogP contribution >= 0.6 is 0 Å². The first kappa shape index (κ1) is 20.0. The topological polar surface area (TPSA) is 63.6 Å². The van der Waals surface area contributed by atoms with Crippen LogP contribution in [0, 0.1) is 35.0 Å². The summed E-state index contributed by atoms with van der Waals surface area (Å²) in [7, 11) is 0. The molecule has 0 spiro atoms. The van der Waals surface area contributed by atoms with Crippen molar-refractivity contribution in [1.82, 2.24) is 0 Å². The third kappa shape index (κ3) is 3.33. The minimum Gasteiger partial charge on any atom is -0.431 e. The van der Waals surface area contributed by atoms with Crippen molar-refractivity contribution in [3.63, 3.8) is 0 Å². The van der Waals surface area contributed by atoms with Gasteiger partial charge in [-0.3, -0.25) is 4.79 Å². The number of hydrogen-bond acceptors (Lipinski definition) is 4. The molecule has 4 saturated carbocycles. The maximum Gasteiger partial charge on any atom is 0.342 e. The minimum atomic E-state index is -0.360. The molecule has 30 heavy (non-hydrogen) atoms. The number of ketones is 1. The van der Waals surface area contributed by atoms with Gasteiger partial charge in [0.15, 0.2) is 0 Å². The number of benzene rings is 1. The summed E-state index contributed by atoms with van der Waals surface area (Å²) in [6.45, 7) is 0. The van der Waals surface area contributed by atoms with Crippen LogP contribution in [-0.2, 0) is 9.53 Å². The molecule has 7 atom stereocenters. The van der Waals surface area contributed by atoms with Crippen LogP contribution in [0.3, 0.4) is 0 Å². The van der Waals surface area contributed by atoms with Gasteiger partial charge < -0.3 is 9.84 Å². The van der Waals surface area contributed by atoms with Gasteiger partial charge in [0.2, 0.25) is 0 Å². The molecule has 4 nitrogen and oxygen atoms in total. The molecule has 4 aliphatic rings. The quantitative estimate of drug-likeness (QED) is 0.570. The van der Waals surface area contributed by atoms with E-state index >= 15 is 0 Å². The smallest absolute Gasteiger partial charge is 0.342 e. The van der Waals surface area contributed by atoms with Gasteiger partial charge in [0.25, 0.3) is 0 Å². The predicted molar refractivity (Wildman–Crippen MR) is 113 cm³/mol. The molecule has 1 aromatic rings. The van der Waals surface area contributed by atoms with Gasteiger partial charge >= 0.3 is 5.97 Å². The summed E-state index contributed by atoms with van der Waals surface area (Å²) >= 11 is 0. The maximum absolute atomic E-state index is 12.3. The lowest BCUT2D eigenvalue weighted by Crippen LogP contribution is -2.50. The lowest BCUT2D eigenvalue weighted by molar-refractivity contribution is -0.127. The van der Waals surface area contributed by atoms with E-state index in [0.29, 0.717) is 40.9 Å². The number of aliphatic hydroxyl groups is 1. The average Bonchev–Trinajstić information content (AvgIpc) is 3.10. The Labute approximate surface area is 178 Å². The number of esters is 1. The first-order chi connectivity index (χ1) is 14.6. The number of ether oxygens (including phenoxy) is 1. The normalized spacial score (nSPS) is 40.5. The fourth-order valence-corrected chi connectivity index (χ4v) is 7.54. The molecule has 1 N–H and O–H groups in total. The van der Waals surface area contributed by atoms with Crippen molar-refractivity contribution in [2.75, 3.05) is 0 Å². The molecule has 0 bridgehead atoms. The number of rotatable bonds is 3. The Morgan fingerprint density at radius 2 is 1.83 bits per heavy atom. The van der Waals surface area contributed by atoms with Crippen LogP contribution in [0.2, 0.25) is 0 Å². The van der Waals surface area contributed by atoms with Crippen molar-refractivity contribution in [2.24, 2.45) is 35.0 Å². The molecule has 4 heteroatoms. The van der Waals surface area contributed by atoms with Crippen molar-refractivity contribution in [3.05, 3.63) is 48.2 Å². The molecule has 0 radical (unpaired) electrons. The highest BCUT2D eigenvalue weighted by molar-refractivity contribution is 5.89. The predicted octanol–water partition coefficient (Wildman–Crippen LogP) is 4.92. The van der Waals surface area contributed by atoms with Crippen LogP contribution < -0.4 is 0 Å². The van der Waals surface area contributed by atoms with E-state index in [-0.39, 0.29) is 17.5 Å². The zero-order valence-electron chi connectivity index (χ0n) is 17.5. The van der Waals surface area contributed by atoms with E-state index in [9.17, 15) is 14.7 Å². The Balaban J connectivity index is 1.32. The first-order valence-electron chi connectivity index (χ1n) is 11.7. The lowest BCUT2D eigenvalue weighted by Gasteiger charge is -2.55. The van der Waals surface area contributed by atoms with Crippen LogP contribution in [0.1, 0.15) is 68.1 Å². The second-order valence-corrected chi connectivity index (χ2v) is 10.0. The Bertz CT molecular complexity index is 831. The highest BCUT2D eigenvalue weighted by atomic mass is 16.5. The van der Waals surface area contributed by atoms with Gasteiger partial charge in [-0.15, -0.1) is 0 Å². The van der Waals surface area contributed by atoms with E-state index in [0.717, 1.165) is 51.4 Å². The van der Waals surface area contributed by atoms with E-state index in [1.165, 1.54) is 6.42 Å². The molecule has 5 rings (SSSR count). The van der Waals surface area contributed by atoms with Gasteiger partial charge in [-0.25, -0.2) is 4.79 Å². The summed E-state index contributed by atoms with van der Waals surface area (Å²) in [5.41, 5.74) is 0.271. The molecule has 160 valence electrons. The van der Waals surface area contributed by atoms with Crippen LogP contribution in [0.15, 0.2) is 42.7 Å². The molecule has 0 aliphatic heterocycles. The second kappa shape index (κ2) is 7.96. The lowest BCUT2D eigenvalue weighted by atomic mass is 9.50. The van der Waals surface area contributed by atoms with Crippen molar-refractivity contribution >= 4 is 11.8 Å². The highest BCUT2D eigenvalue weighted by Crippen LogP contribution is 2.63. The average molecular weight is 409 g/mol. The fourth-order valence-electron chi connectivity index (χ4n) is 7.54. The van der Waals surface area contributed by atoms with Crippen molar-refractivity contribution in [2.45, 2.75) is 63.9 Å². The summed E-state index contributed by atoms with van der Waals surface area (Å²) in [5.74, 6) is 3.16. The third-order valence-corrected chi connectivity index (χ3v) is 8.87. The van der Waals surface area contributed by atoms with E-state index in [2.05, 4.69) is 0 Å². The van der Waals surface area contributed by atoms with E-state index in [1.54, 1.807) is 18.4 Å². The standard InChI is InChI=1S/C26H32O4/c27-19-7-9-20-18(16-19)6-8-22-21(20)12-13-26(23(22)10-11-24(26)28)14-15-30-25(29)17-4-2-1-3-5-17/h1-5,14-15,18,20-24,28H,6-13,16H2/t18-,20-,21+,22+,23-,24-,26+/m0/s1. The number of carbonyl (C=O) groups excluding carboxylic acids is 2. The van der Waals surface area contributed by atoms with Gasteiger partial charge in [-0.1, -0.05) is 18.2 Å². The van der Waals surface area contributed by atoms with Crippen molar-refractivity contribution in [1.29, 1.82) is 0 Å². The highest BCUT2D eigenvalue weighted by Gasteiger charge is 2.58. The molecule has 0 unspecified atom stereocenters. The summed E-state index contributed by atoms with van der Waals surface area (Å²) < 4.78 is 5.45. The van der Waals surface area contributed by atoms with E-state index in [1.807, 2.05) is 24.3 Å². The molecule has 4 aliphatic carbocycles. The van der Waals surface area contributed by atoms with Gasteiger partial charge in [0, 0.05) is 18.3 Å². The summed E-state index contributed by atoms with van der Waals surface area (Å²) in [4.78, 5) is 24.3. The van der Waals surface area contributed by atoms with Crippen LogP contribution in [-0.4, -0.2) is 23.0 Å². The fraction of sp³-hybridized carbons (Fsp3) is 0.615. The molecular formula is C26H32O4. The maximum atomic E-state index is 12.3. The molecular weight excluding hydrogens is 376 g/mol. The van der Waals surface area contributed by atoms with Gasteiger partial charge in [-0.2, -0.15) is 0 Å². The summed E-state index contributed by atoms with van der Waals surface area (Å²) in [6.07, 6.45) is 12.1. The Morgan fingerprint density at radius 1 is 1.00 bits per heavy atom. The second-order valence-electron chi connectivity index (χ2n) is 10.0. The summed E-state index contributed by atoms with van der Waals surface area (Å²) in [5, 5.41) is 11.0. The van der Waals surface area contributed by atoms with Crippen LogP contribution in [0.25, 0.3) is 0 Å². The third-order valence-electron chi connectivity index (χ3n) is 8.87. The van der Waals surface area contributed by atoms with Gasteiger partial charge in [0.05, 0.1) is 17.9 Å². The molecule has 4 fully saturated rings. The molecule has 0 heterocycles. The number of Topliss-reactive ketones (excluding diaryl/α,β-unsaturated/α-hetero) is 1. The van der Waals surface area contributed by atoms with Gasteiger partial charge in [0.1, 0.15) is 5.78 Å². The van der Waals surface area contributed by atoms with E-state index < -0.39 is 0 Å². The zero-order valence-corrected chi connectivity index (χ0v) is 17.5. The summed E-state index contributed by atoms with van der Waals surface area (Å²) in [6, 6.07) is 9.03. The molecule has 0 amide bonds. The first-order valence-corrected chi connectivity index (χ1v) is 11.7. The number of carbonyl (C=O) groups is 2. The number of fused-ring (bicyclic) bond motifs is 5. The van der Waals surface area contributed by atoms with Gasteiger partial charge in [-0.05, 0) is 92.7 Å². The van der Waals surface area contributed by atoms with Crippen molar-refractivity contribution < 1.29 is 19.4 Å². The van der Waals surface area contributed by atoms with Crippen LogP contribution in [0.5, 0.6) is 0 Å². The molecule has 1 aromatic carbocycles. The number of aliphatic hydroxyl groups excluding tert-OH is 1. The molecule has 0 aromatic heterocycles. The van der Waals surface area contributed by atoms with Crippen molar-refractivity contribution in [3.8, 4) is 0 Å². The zero-order chi connectivity index (χ0) is 20.7. The minimum absolute atomic E-state index is 0.268. The van der Waals surface area contributed by atoms with E-state index in [4.69, 9.17) is 4.74 Å². The SMILES string of the molecule is O=C1CC[C@H]2[C@@H](CC[C@@H]3[C@@H]2CC[C@]2(C=COC(=O)c4ccccc4)[C@@H](O)CC[C@@H]32)C1. The monoisotopic (exact) mass is 408 g/mol. The van der Waals surface area contributed by atoms with Crippen LogP contribution in [0.4, 0.5) is 0 Å². The Kier molecular flexibility index (Phi) is 5.30. The molecule has 0 saturated heterocycles. The number of hydrogen-bond donors (Lipinski definition) is 1. The Morgan fingerprint density at radius 3 is 2.67 bits per heavy atom.